The smallest absolute Gasteiger partial charge is 0.0451 e. The quantitative estimate of drug-likeness (QED) is 0.880. The van der Waals surface area contributed by atoms with E-state index in [4.69, 9.17) is 5.11 Å². The third-order valence-corrected chi connectivity index (χ3v) is 2.18. The summed E-state index contributed by atoms with van der Waals surface area (Å²) in [4.78, 5) is 7.44. The van der Waals surface area contributed by atoms with Gasteiger partial charge in [0, 0.05) is 31.4 Å². The molecule has 0 aliphatic heterocycles. The van der Waals surface area contributed by atoms with Gasteiger partial charge in [-0.1, -0.05) is 29.8 Å². The van der Waals surface area contributed by atoms with Crippen LogP contribution in [0.15, 0.2) is 49.1 Å². The van der Waals surface area contributed by atoms with Crippen LogP contribution in [0, 0.1) is 6.92 Å². The summed E-state index contributed by atoms with van der Waals surface area (Å²) < 4.78 is 0. The number of aliphatic hydroxyl groups is 1. The Morgan fingerprint density at radius 2 is 1.71 bits per heavy atom. The van der Waals surface area contributed by atoms with Gasteiger partial charge in [-0.05, 0) is 25.3 Å². The van der Waals surface area contributed by atoms with Gasteiger partial charge in [0.05, 0.1) is 0 Å². The van der Waals surface area contributed by atoms with Crippen LogP contribution in [0.3, 0.4) is 0 Å². The van der Waals surface area contributed by atoms with Crippen LogP contribution in [-0.4, -0.2) is 21.7 Å². The summed E-state index contributed by atoms with van der Waals surface area (Å²) in [5, 5.41) is 8.60. The van der Waals surface area contributed by atoms with Crippen LogP contribution in [0.2, 0.25) is 0 Å². The number of aromatic nitrogens is 2. The van der Waals surface area contributed by atoms with Crippen LogP contribution >= 0.6 is 0 Å². The first-order valence-electron chi connectivity index (χ1n) is 5.69. The third-order valence-electron chi connectivity index (χ3n) is 2.18. The highest BCUT2D eigenvalue weighted by Gasteiger charge is 1.91. The van der Waals surface area contributed by atoms with E-state index in [1.807, 2.05) is 0 Å². The van der Waals surface area contributed by atoms with Crippen molar-refractivity contribution in [1.29, 1.82) is 0 Å². The van der Waals surface area contributed by atoms with Crippen LogP contribution in [0.1, 0.15) is 17.5 Å². The van der Waals surface area contributed by atoms with Crippen molar-refractivity contribution < 1.29 is 5.11 Å². The average molecular weight is 230 g/mol. The second-order valence-corrected chi connectivity index (χ2v) is 3.71. The lowest BCUT2D eigenvalue weighted by Gasteiger charge is -1.99. The molecule has 0 radical (unpaired) electrons. The maximum atomic E-state index is 8.60. The van der Waals surface area contributed by atoms with Crippen molar-refractivity contribution in [1.82, 2.24) is 9.97 Å². The predicted octanol–water partition coefficient (Wildman–Crippen LogP) is 2.40. The van der Waals surface area contributed by atoms with Gasteiger partial charge < -0.3 is 5.11 Å². The molecule has 0 spiro atoms. The fourth-order valence-electron chi connectivity index (χ4n) is 1.40. The fraction of sp³-hybridized carbons (Fsp3) is 0.286. The monoisotopic (exact) mass is 230 g/mol. The number of hydrogen-bond acceptors (Lipinski definition) is 3. The number of rotatable bonds is 3. The molecule has 2 aromatic rings. The Hall–Kier alpha value is -1.74. The van der Waals surface area contributed by atoms with Gasteiger partial charge in [0.25, 0.3) is 0 Å². The zero-order chi connectivity index (χ0) is 12.3. The van der Waals surface area contributed by atoms with Crippen molar-refractivity contribution >= 4 is 0 Å². The molecule has 1 heterocycles. The van der Waals surface area contributed by atoms with Gasteiger partial charge in [-0.3, -0.25) is 9.97 Å². The molecule has 3 nitrogen and oxygen atoms in total. The largest absolute Gasteiger partial charge is 0.396 e. The number of aliphatic hydroxyl groups excluding tert-OH is 1. The van der Waals surface area contributed by atoms with Gasteiger partial charge in [-0.15, -0.1) is 0 Å². The van der Waals surface area contributed by atoms with Crippen molar-refractivity contribution in [3.8, 4) is 0 Å². The van der Waals surface area contributed by atoms with E-state index in [0.29, 0.717) is 0 Å². The van der Waals surface area contributed by atoms with Crippen molar-refractivity contribution in [2.24, 2.45) is 0 Å². The Kier molecular flexibility index (Phi) is 6.60. The molecule has 1 N–H and O–H groups in total. The number of benzene rings is 1. The summed E-state index contributed by atoms with van der Waals surface area (Å²) in [5.74, 6) is 0. The van der Waals surface area contributed by atoms with Crippen molar-refractivity contribution in [2.45, 2.75) is 19.8 Å². The summed E-state index contributed by atoms with van der Waals surface area (Å²) >= 11 is 0. The standard InChI is InChI=1S/C10H14O.C4H4N2/c1-9-4-2-5-10(8-9)6-3-7-11;1-2-6-4-3-5-1/h2,4-5,8,11H,3,6-7H2,1H3;1-4H. The lowest BCUT2D eigenvalue weighted by Crippen LogP contribution is -1.89. The van der Waals surface area contributed by atoms with E-state index in [2.05, 4.69) is 41.2 Å². The molecule has 1 aromatic heterocycles. The van der Waals surface area contributed by atoms with Crippen molar-refractivity contribution in [2.75, 3.05) is 6.61 Å². The van der Waals surface area contributed by atoms with Crippen LogP contribution in [0.5, 0.6) is 0 Å². The highest BCUT2D eigenvalue weighted by molar-refractivity contribution is 5.22. The van der Waals surface area contributed by atoms with Crippen LogP contribution in [-0.2, 0) is 6.42 Å². The third kappa shape index (κ3) is 6.43. The Bertz CT molecular complexity index is 377. The molecule has 0 fully saturated rings. The van der Waals surface area contributed by atoms with E-state index >= 15 is 0 Å². The predicted molar refractivity (Wildman–Crippen MR) is 68.6 cm³/mol. The molecule has 3 heteroatoms. The molecule has 1 aromatic carbocycles. The number of nitrogens with zero attached hydrogens (tertiary/aromatic N) is 2. The van der Waals surface area contributed by atoms with Gasteiger partial charge in [0.2, 0.25) is 0 Å². The molecule has 0 aliphatic rings. The van der Waals surface area contributed by atoms with Gasteiger partial charge in [0.1, 0.15) is 0 Å². The minimum Gasteiger partial charge on any atom is -0.396 e. The summed E-state index contributed by atoms with van der Waals surface area (Å²) in [6.45, 7) is 2.37. The Labute approximate surface area is 102 Å². The van der Waals surface area contributed by atoms with Crippen LogP contribution < -0.4 is 0 Å². The summed E-state index contributed by atoms with van der Waals surface area (Å²) in [6.07, 6.45) is 8.40. The summed E-state index contributed by atoms with van der Waals surface area (Å²) in [7, 11) is 0. The molecule has 0 saturated heterocycles. The van der Waals surface area contributed by atoms with Gasteiger partial charge in [-0.2, -0.15) is 0 Å². The molecular formula is C14H18N2O. The lowest BCUT2D eigenvalue weighted by atomic mass is 10.1. The molecule has 2 rings (SSSR count). The molecule has 90 valence electrons. The lowest BCUT2D eigenvalue weighted by molar-refractivity contribution is 0.288. The second kappa shape index (κ2) is 8.42. The molecule has 0 aliphatic carbocycles. The number of aryl methyl sites for hydroxylation is 2. The SMILES string of the molecule is Cc1cccc(CCCO)c1.c1cnccn1. The van der Waals surface area contributed by atoms with Gasteiger partial charge >= 0.3 is 0 Å². The normalized spacial score (nSPS) is 9.29. The molecule has 0 atom stereocenters. The van der Waals surface area contributed by atoms with Crippen LogP contribution in [0.25, 0.3) is 0 Å². The first-order valence-corrected chi connectivity index (χ1v) is 5.69. The van der Waals surface area contributed by atoms with E-state index in [9.17, 15) is 0 Å². The zero-order valence-electron chi connectivity index (χ0n) is 10.1. The Morgan fingerprint density at radius 1 is 1.06 bits per heavy atom. The molecule has 17 heavy (non-hydrogen) atoms. The Morgan fingerprint density at radius 3 is 2.18 bits per heavy atom. The Balaban J connectivity index is 0.000000202. The highest BCUT2D eigenvalue weighted by atomic mass is 16.2. The highest BCUT2D eigenvalue weighted by Crippen LogP contribution is 2.05. The van der Waals surface area contributed by atoms with E-state index in [-0.39, 0.29) is 6.61 Å². The van der Waals surface area contributed by atoms with E-state index in [1.165, 1.54) is 11.1 Å². The first kappa shape index (κ1) is 13.3. The van der Waals surface area contributed by atoms with Crippen LogP contribution in [0.4, 0.5) is 0 Å². The van der Waals surface area contributed by atoms with E-state index in [1.54, 1.807) is 24.8 Å². The van der Waals surface area contributed by atoms with E-state index < -0.39 is 0 Å². The zero-order valence-corrected chi connectivity index (χ0v) is 10.1. The molecule has 0 bridgehead atoms. The molecule has 0 unspecified atom stereocenters. The fourth-order valence-corrected chi connectivity index (χ4v) is 1.40. The van der Waals surface area contributed by atoms with Crippen molar-refractivity contribution in [3.63, 3.8) is 0 Å². The second-order valence-electron chi connectivity index (χ2n) is 3.71. The molecule has 0 amide bonds. The summed E-state index contributed by atoms with van der Waals surface area (Å²) in [5.41, 5.74) is 2.61. The first-order chi connectivity index (χ1) is 8.33. The minimum atomic E-state index is 0.286. The minimum absolute atomic E-state index is 0.286. The number of hydrogen-bond donors (Lipinski definition) is 1. The van der Waals surface area contributed by atoms with Gasteiger partial charge in [0.15, 0.2) is 0 Å². The van der Waals surface area contributed by atoms with Crippen molar-refractivity contribution in [3.05, 3.63) is 60.2 Å². The average Bonchev–Trinajstić information content (AvgIpc) is 2.39. The molecule has 0 saturated carbocycles. The topological polar surface area (TPSA) is 46.0 Å². The maximum absolute atomic E-state index is 8.60. The molecular weight excluding hydrogens is 212 g/mol. The van der Waals surface area contributed by atoms with Gasteiger partial charge in [-0.25, -0.2) is 0 Å². The maximum Gasteiger partial charge on any atom is 0.0451 e. The van der Waals surface area contributed by atoms with E-state index in [0.717, 1.165) is 12.8 Å². The summed E-state index contributed by atoms with van der Waals surface area (Å²) in [6, 6.07) is 8.41.